The van der Waals surface area contributed by atoms with Crippen LogP contribution in [-0.2, 0) is 10.0 Å². The molecule has 0 radical (unpaired) electrons. The molecule has 0 aromatic heterocycles. The van der Waals surface area contributed by atoms with Crippen molar-refractivity contribution < 1.29 is 13.5 Å². The van der Waals surface area contributed by atoms with E-state index in [0.717, 1.165) is 19.3 Å². The lowest BCUT2D eigenvalue weighted by atomic mass is 9.84. The van der Waals surface area contributed by atoms with Gasteiger partial charge in [-0.05, 0) is 44.9 Å². The van der Waals surface area contributed by atoms with Crippen LogP contribution in [0, 0.1) is 5.92 Å². The Morgan fingerprint density at radius 2 is 2.22 bits per heavy atom. The first kappa shape index (κ1) is 15.7. The maximum absolute atomic E-state index is 11.5. The van der Waals surface area contributed by atoms with Crippen molar-refractivity contribution in [3.05, 3.63) is 12.7 Å². The van der Waals surface area contributed by atoms with Gasteiger partial charge in [-0.15, -0.1) is 6.58 Å². The van der Waals surface area contributed by atoms with E-state index >= 15 is 0 Å². The van der Waals surface area contributed by atoms with Gasteiger partial charge < -0.3 is 5.11 Å². The van der Waals surface area contributed by atoms with Gasteiger partial charge in [0.1, 0.15) is 0 Å². The summed E-state index contributed by atoms with van der Waals surface area (Å²) >= 11 is 0. The van der Waals surface area contributed by atoms with Crippen molar-refractivity contribution in [2.75, 3.05) is 19.3 Å². The average Bonchev–Trinajstić information content (AvgIpc) is 2.25. The van der Waals surface area contributed by atoms with Crippen molar-refractivity contribution in [2.24, 2.45) is 5.92 Å². The number of rotatable bonds is 6. The summed E-state index contributed by atoms with van der Waals surface area (Å²) in [6.45, 7) is 6.65. The maximum atomic E-state index is 11.5. The van der Waals surface area contributed by atoms with Crippen molar-refractivity contribution >= 4 is 10.0 Å². The highest BCUT2D eigenvalue weighted by Crippen LogP contribution is 2.29. The van der Waals surface area contributed by atoms with Gasteiger partial charge in [-0.3, -0.25) is 0 Å². The number of aliphatic hydroxyl groups is 1. The largest absolute Gasteiger partial charge is 0.390 e. The number of hydrogen-bond donors (Lipinski definition) is 1. The molecule has 0 aromatic rings. The minimum Gasteiger partial charge on any atom is -0.390 e. The first-order chi connectivity index (χ1) is 8.24. The predicted octanol–water partition coefficient (Wildman–Crippen LogP) is 1.77. The Kier molecular flexibility index (Phi) is 5.37. The molecular weight excluding hydrogens is 250 g/mol. The van der Waals surface area contributed by atoms with Crippen LogP contribution in [0.5, 0.6) is 0 Å². The maximum Gasteiger partial charge on any atom is 0.211 e. The van der Waals surface area contributed by atoms with E-state index in [9.17, 15) is 13.5 Å². The molecule has 2 unspecified atom stereocenters. The molecule has 0 saturated carbocycles. The summed E-state index contributed by atoms with van der Waals surface area (Å²) in [6.07, 6.45) is 7.07. The van der Waals surface area contributed by atoms with Gasteiger partial charge in [-0.1, -0.05) is 6.08 Å². The Labute approximate surface area is 111 Å². The van der Waals surface area contributed by atoms with Crippen LogP contribution in [0.1, 0.15) is 39.0 Å². The molecule has 4 nitrogen and oxygen atoms in total. The van der Waals surface area contributed by atoms with Crippen LogP contribution in [0.2, 0.25) is 0 Å². The van der Waals surface area contributed by atoms with E-state index in [2.05, 4.69) is 6.58 Å². The first-order valence-electron chi connectivity index (χ1n) is 6.53. The zero-order valence-corrected chi connectivity index (χ0v) is 12.2. The van der Waals surface area contributed by atoms with Crippen LogP contribution >= 0.6 is 0 Å². The summed E-state index contributed by atoms with van der Waals surface area (Å²) in [5, 5.41) is 10.3. The molecule has 0 aromatic carbocycles. The van der Waals surface area contributed by atoms with Crippen molar-refractivity contribution in [1.29, 1.82) is 0 Å². The zero-order valence-electron chi connectivity index (χ0n) is 11.4. The minimum atomic E-state index is -3.10. The summed E-state index contributed by atoms with van der Waals surface area (Å²) in [5.41, 5.74) is -0.723. The highest BCUT2D eigenvalue weighted by Gasteiger charge is 2.31. The molecular formula is C13H25NO3S. The Morgan fingerprint density at radius 1 is 1.56 bits per heavy atom. The van der Waals surface area contributed by atoms with Gasteiger partial charge in [0.2, 0.25) is 10.0 Å². The number of allylic oxidation sites excluding steroid dienone is 1. The fraction of sp³-hybridized carbons (Fsp3) is 0.846. The second-order valence-electron chi connectivity index (χ2n) is 5.66. The van der Waals surface area contributed by atoms with E-state index in [1.54, 1.807) is 6.08 Å². The summed E-state index contributed by atoms with van der Waals surface area (Å²) in [7, 11) is -3.10. The fourth-order valence-electron chi connectivity index (χ4n) is 2.63. The van der Waals surface area contributed by atoms with Gasteiger partial charge >= 0.3 is 0 Å². The lowest BCUT2D eigenvalue weighted by molar-refractivity contribution is 0.0181. The zero-order chi connectivity index (χ0) is 13.8. The Morgan fingerprint density at radius 3 is 2.78 bits per heavy atom. The van der Waals surface area contributed by atoms with Gasteiger partial charge in [-0.2, -0.15) is 0 Å². The molecule has 1 aliphatic rings. The SMILES string of the molecule is C=CCCC(C)(O)CC1CCCN(S(C)(=O)=O)C1. The standard InChI is InChI=1S/C13H25NO3S/c1-4-5-8-13(2,15)10-12-7-6-9-14(11-12)18(3,16)17/h4,12,15H,1,5-11H2,2-3H3. The molecule has 106 valence electrons. The van der Waals surface area contributed by atoms with Crippen LogP contribution in [0.4, 0.5) is 0 Å². The molecule has 0 bridgehead atoms. The molecule has 5 heteroatoms. The fourth-order valence-corrected chi connectivity index (χ4v) is 3.57. The third-order valence-corrected chi connectivity index (χ3v) is 4.84. The Hall–Kier alpha value is -0.390. The lowest BCUT2D eigenvalue weighted by Gasteiger charge is -2.35. The minimum absolute atomic E-state index is 0.258. The number of hydrogen-bond acceptors (Lipinski definition) is 3. The van der Waals surface area contributed by atoms with Crippen molar-refractivity contribution in [2.45, 2.75) is 44.6 Å². The number of sulfonamides is 1. The Balaban J connectivity index is 2.54. The molecule has 1 N–H and O–H groups in total. The van der Waals surface area contributed by atoms with E-state index in [1.165, 1.54) is 10.6 Å². The smallest absolute Gasteiger partial charge is 0.211 e. The van der Waals surface area contributed by atoms with Crippen LogP contribution in [-0.4, -0.2) is 42.8 Å². The molecule has 0 spiro atoms. The van der Waals surface area contributed by atoms with Crippen LogP contribution in [0.25, 0.3) is 0 Å². The molecule has 0 aliphatic carbocycles. The summed E-state index contributed by atoms with van der Waals surface area (Å²) in [6, 6.07) is 0. The topological polar surface area (TPSA) is 57.6 Å². The second-order valence-corrected chi connectivity index (χ2v) is 7.64. The predicted molar refractivity (Wildman–Crippen MR) is 73.8 cm³/mol. The van der Waals surface area contributed by atoms with E-state index < -0.39 is 15.6 Å². The monoisotopic (exact) mass is 275 g/mol. The second kappa shape index (κ2) is 6.17. The van der Waals surface area contributed by atoms with Gasteiger partial charge in [0.25, 0.3) is 0 Å². The van der Waals surface area contributed by atoms with Crippen molar-refractivity contribution in [1.82, 2.24) is 4.31 Å². The van der Waals surface area contributed by atoms with E-state index in [4.69, 9.17) is 0 Å². The molecule has 18 heavy (non-hydrogen) atoms. The van der Waals surface area contributed by atoms with Gasteiger partial charge in [-0.25, -0.2) is 12.7 Å². The summed E-state index contributed by atoms with van der Waals surface area (Å²) in [4.78, 5) is 0. The molecule has 1 heterocycles. The van der Waals surface area contributed by atoms with Crippen LogP contribution in [0.3, 0.4) is 0 Å². The van der Waals surface area contributed by atoms with E-state index in [0.29, 0.717) is 25.9 Å². The summed E-state index contributed by atoms with van der Waals surface area (Å²) in [5.74, 6) is 0.258. The normalized spacial score (nSPS) is 25.6. The molecule has 2 atom stereocenters. The van der Waals surface area contributed by atoms with Gasteiger partial charge in [0.05, 0.1) is 11.9 Å². The molecule has 1 fully saturated rings. The Bertz CT molecular complexity index is 376. The van der Waals surface area contributed by atoms with Gasteiger partial charge in [0.15, 0.2) is 0 Å². The molecule has 1 aliphatic heterocycles. The molecule has 0 amide bonds. The van der Waals surface area contributed by atoms with Crippen LogP contribution in [0.15, 0.2) is 12.7 Å². The quantitative estimate of drug-likeness (QED) is 0.752. The van der Waals surface area contributed by atoms with Gasteiger partial charge in [0, 0.05) is 13.1 Å². The lowest BCUT2D eigenvalue weighted by Crippen LogP contribution is -2.41. The van der Waals surface area contributed by atoms with E-state index in [1.807, 2.05) is 6.92 Å². The summed E-state index contributed by atoms with van der Waals surface area (Å²) < 4.78 is 24.6. The van der Waals surface area contributed by atoms with Crippen molar-refractivity contribution in [3.63, 3.8) is 0 Å². The average molecular weight is 275 g/mol. The number of nitrogens with zero attached hydrogens (tertiary/aromatic N) is 1. The third kappa shape index (κ3) is 5.08. The molecule has 1 rings (SSSR count). The highest BCUT2D eigenvalue weighted by molar-refractivity contribution is 7.88. The molecule has 1 saturated heterocycles. The van der Waals surface area contributed by atoms with Crippen molar-refractivity contribution in [3.8, 4) is 0 Å². The first-order valence-corrected chi connectivity index (χ1v) is 8.38. The highest BCUT2D eigenvalue weighted by atomic mass is 32.2. The number of piperidine rings is 1. The third-order valence-electron chi connectivity index (χ3n) is 3.57. The van der Waals surface area contributed by atoms with Crippen LogP contribution < -0.4 is 0 Å². The van der Waals surface area contributed by atoms with E-state index in [-0.39, 0.29) is 5.92 Å².